The first-order valence-corrected chi connectivity index (χ1v) is 7.48. The fourth-order valence-electron chi connectivity index (χ4n) is 3.34. The maximum Gasteiger partial charge on any atom is 0.161 e. The minimum Gasteiger partial charge on any atom is -0.493 e. The van der Waals surface area contributed by atoms with Crippen molar-refractivity contribution in [2.45, 2.75) is 25.7 Å². The van der Waals surface area contributed by atoms with Crippen LogP contribution in [0.1, 0.15) is 35.1 Å². The van der Waals surface area contributed by atoms with Gasteiger partial charge in [0.15, 0.2) is 11.5 Å². The topological polar surface area (TPSA) is 35.5 Å². The molecule has 2 aromatic rings. The monoisotopic (exact) mass is 296 g/mol. The van der Waals surface area contributed by atoms with E-state index >= 15 is 0 Å². The molecule has 0 aromatic heterocycles. The molecule has 0 spiro atoms. The normalized spacial score (nSPS) is 16.2. The predicted octanol–water partition coefficient (Wildman–Crippen LogP) is 3.52. The number of benzene rings is 2. The van der Waals surface area contributed by atoms with Gasteiger partial charge in [-0.25, -0.2) is 0 Å². The Bertz CT molecular complexity index is 719. The van der Waals surface area contributed by atoms with Gasteiger partial charge in [-0.3, -0.25) is 4.79 Å². The van der Waals surface area contributed by atoms with E-state index in [4.69, 9.17) is 9.47 Å². The number of fused-ring (bicyclic) bond motifs is 2. The highest BCUT2D eigenvalue weighted by Crippen LogP contribution is 2.40. The van der Waals surface area contributed by atoms with Crippen molar-refractivity contribution in [3.05, 3.63) is 58.7 Å². The van der Waals surface area contributed by atoms with Gasteiger partial charge in [-0.1, -0.05) is 24.3 Å². The quantitative estimate of drug-likeness (QED) is 0.869. The highest BCUT2D eigenvalue weighted by molar-refractivity contribution is 5.88. The summed E-state index contributed by atoms with van der Waals surface area (Å²) < 4.78 is 10.8. The summed E-state index contributed by atoms with van der Waals surface area (Å²) in [4.78, 5) is 12.4. The second kappa shape index (κ2) is 5.84. The number of aryl methyl sites for hydroxylation is 2. The number of Topliss-reactive ketones (excluding diaryl/α,β-unsaturated/α-hetero) is 1. The van der Waals surface area contributed by atoms with E-state index < -0.39 is 0 Å². The lowest BCUT2D eigenvalue weighted by molar-refractivity contribution is -0.117. The summed E-state index contributed by atoms with van der Waals surface area (Å²) in [5.74, 6) is 1.32. The van der Waals surface area contributed by atoms with Crippen LogP contribution in [-0.2, 0) is 17.6 Å². The zero-order valence-corrected chi connectivity index (χ0v) is 13.2. The lowest BCUT2D eigenvalue weighted by atomic mass is 9.85. The Morgan fingerprint density at radius 1 is 0.955 bits per heavy atom. The summed E-state index contributed by atoms with van der Waals surface area (Å²) in [5, 5.41) is 0. The molecule has 1 atom stereocenters. The first kappa shape index (κ1) is 14.6. The summed E-state index contributed by atoms with van der Waals surface area (Å²) in [6, 6.07) is 12.2. The number of ketones is 1. The SMILES string of the molecule is COc1cc2c(cc1OC)C(C(C)=O)c1ccccc1CC2. The fraction of sp³-hybridized carbons (Fsp3) is 0.316. The van der Waals surface area contributed by atoms with Crippen molar-refractivity contribution in [2.24, 2.45) is 0 Å². The molecule has 1 unspecified atom stereocenters. The van der Waals surface area contributed by atoms with Crippen LogP contribution >= 0.6 is 0 Å². The van der Waals surface area contributed by atoms with Crippen LogP contribution in [0.2, 0.25) is 0 Å². The van der Waals surface area contributed by atoms with Gasteiger partial charge in [0, 0.05) is 0 Å². The number of rotatable bonds is 3. The van der Waals surface area contributed by atoms with Gasteiger partial charge >= 0.3 is 0 Å². The molecule has 1 aliphatic rings. The van der Waals surface area contributed by atoms with Gasteiger partial charge in [0.2, 0.25) is 0 Å². The standard InChI is InChI=1S/C19H20O3/c1-12(20)19-15-7-5-4-6-13(15)8-9-14-10-17(21-2)18(22-3)11-16(14)19/h4-7,10-11,19H,8-9H2,1-3H3. The van der Waals surface area contributed by atoms with Crippen LogP contribution in [0.25, 0.3) is 0 Å². The Morgan fingerprint density at radius 2 is 1.59 bits per heavy atom. The molecule has 0 N–H and O–H groups in total. The first-order valence-electron chi connectivity index (χ1n) is 7.48. The molecular weight excluding hydrogens is 276 g/mol. The summed E-state index contributed by atoms with van der Waals surface area (Å²) in [6.07, 6.45) is 1.83. The first-order chi connectivity index (χ1) is 10.7. The van der Waals surface area contributed by atoms with E-state index in [0.29, 0.717) is 5.75 Å². The molecule has 3 nitrogen and oxygen atoms in total. The van der Waals surface area contributed by atoms with Crippen molar-refractivity contribution in [1.29, 1.82) is 0 Å². The number of ether oxygens (including phenoxy) is 2. The second-order valence-electron chi connectivity index (χ2n) is 5.65. The maximum atomic E-state index is 12.4. The summed E-state index contributed by atoms with van der Waals surface area (Å²) >= 11 is 0. The van der Waals surface area contributed by atoms with Gasteiger partial charge in [-0.05, 0) is 54.2 Å². The summed E-state index contributed by atoms with van der Waals surface area (Å²) in [7, 11) is 3.26. The largest absolute Gasteiger partial charge is 0.493 e. The number of hydrogen-bond donors (Lipinski definition) is 0. The number of carbonyl (C=O) groups excluding carboxylic acids is 1. The molecule has 22 heavy (non-hydrogen) atoms. The van der Waals surface area contributed by atoms with Crippen LogP contribution in [0.15, 0.2) is 36.4 Å². The number of carbonyl (C=O) groups is 1. The molecule has 3 rings (SSSR count). The lowest BCUT2D eigenvalue weighted by Crippen LogP contribution is -2.12. The molecule has 0 heterocycles. The minimum atomic E-state index is -0.228. The third-order valence-corrected chi connectivity index (χ3v) is 4.39. The van der Waals surface area contributed by atoms with Crippen LogP contribution in [0, 0.1) is 0 Å². The van der Waals surface area contributed by atoms with E-state index in [9.17, 15) is 4.79 Å². The van der Waals surface area contributed by atoms with E-state index in [1.54, 1.807) is 21.1 Å². The molecule has 0 fully saturated rings. The third-order valence-electron chi connectivity index (χ3n) is 4.39. The molecule has 3 heteroatoms. The molecular formula is C19H20O3. The highest BCUT2D eigenvalue weighted by Gasteiger charge is 2.28. The van der Waals surface area contributed by atoms with Crippen LogP contribution in [-0.4, -0.2) is 20.0 Å². The minimum absolute atomic E-state index is 0.155. The van der Waals surface area contributed by atoms with Crippen molar-refractivity contribution in [3.63, 3.8) is 0 Å². The lowest BCUT2D eigenvalue weighted by Gasteiger charge is -2.19. The Kier molecular flexibility index (Phi) is 3.88. The third kappa shape index (κ3) is 2.37. The predicted molar refractivity (Wildman–Crippen MR) is 85.9 cm³/mol. The summed E-state index contributed by atoms with van der Waals surface area (Å²) in [6.45, 7) is 1.66. The van der Waals surface area contributed by atoms with Gasteiger partial charge in [0.25, 0.3) is 0 Å². The van der Waals surface area contributed by atoms with Crippen LogP contribution in [0.3, 0.4) is 0 Å². The van der Waals surface area contributed by atoms with E-state index in [1.165, 1.54) is 5.56 Å². The average molecular weight is 296 g/mol. The average Bonchev–Trinajstić information content (AvgIpc) is 2.69. The van der Waals surface area contributed by atoms with E-state index in [1.807, 2.05) is 24.3 Å². The molecule has 0 bridgehead atoms. The van der Waals surface area contributed by atoms with Crippen LogP contribution < -0.4 is 9.47 Å². The van der Waals surface area contributed by atoms with Crippen molar-refractivity contribution < 1.29 is 14.3 Å². The second-order valence-corrected chi connectivity index (χ2v) is 5.65. The van der Waals surface area contributed by atoms with Crippen LogP contribution in [0.4, 0.5) is 0 Å². The van der Waals surface area contributed by atoms with Gasteiger partial charge in [0.1, 0.15) is 5.78 Å². The van der Waals surface area contributed by atoms with Gasteiger partial charge in [-0.15, -0.1) is 0 Å². The molecule has 2 aromatic carbocycles. The van der Waals surface area contributed by atoms with Crippen molar-refractivity contribution in [3.8, 4) is 11.5 Å². The molecule has 0 saturated heterocycles. The smallest absolute Gasteiger partial charge is 0.161 e. The Morgan fingerprint density at radius 3 is 2.27 bits per heavy atom. The Labute approximate surface area is 130 Å². The molecule has 0 aliphatic heterocycles. The van der Waals surface area contributed by atoms with Gasteiger partial charge < -0.3 is 9.47 Å². The van der Waals surface area contributed by atoms with E-state index in [-0.39, 0.29) is 11.7 Å². The van der Waals surface area contributed by atoms with Crippen LogP contribution in [0.5, 0.6) is 11.5 Å². The highest BCUT2D eigenvalue weighted by atomic mass is 16.5. The van der Waals surface area contributed by atoms with E-state index in [0.717, 1.165) is 35.3 Å². The van der Waals surface area contributed by atoms with Gasteiger partial charge in [0.05, 0.1) is 20.1 Å². The number of methoxy groups -OCH3 is 2. The van der Waals surface area contributed by atoms with Crippen molar-refractivity contribution in [2.75, 3.05) is 14.2 Å². The Hall–Kier alpha value is -2.29. The maximum absolute atomic E-state index is 12.4. The Balaban J connectivity index is 2.24. The zero-order valence-electron chi connectivity index (χ0n) is 13.2. The molecule has 0 amide bonds. The summed E-state index contributed by atoms with van der Waals surface area (Å²) in [5.41, 5.74) is 4.56. The zero-order chi connectivity index (χ0) is 15.7. The van der Waals surface area contributed by atoms with Crippen molar-refractivity contribution >= 4 is 5.78 Å². The van der Waals surface area contributed by atoms with E-state index in [2.05, 4.69) is 12.1 Å². The fourth-order valence-corrected chi connectivity index (χ4v) is 3.34. The molecule has 114 valence electrons. The molecule has 1 aliphatic carbocycles. The molecule has 0 radical (unpaired) electrons. The molecule has 0 saturated carbocycles. The van der Waals surface area contributed by atoms with Gasteiger partial charge in [-0.2, -0.15) is 0 Å². The van der Waals surface area contributed by atoms with Crippen molar-refractivity contribution in [1.82, 2.24) is 0 Å². The number of hydrogen-bond acceptors (Lipinski definition) is 3.